The fraction of sp³-hybridized carbons (Fsp3) is 1.00. The zero-order valence-electron chi connectivity index (χ0n) is 13.2. The Labute approximate surface area is 119 Å². The van der Waals surface area contributed by atoms with Crippen LogP contribution in [0.4, 0.5) is 0 Å². The van der Waals surface area contributed by atoms with Gasteiger partial charge >= 0.3 is 0 Å². The van der Waals surface area contributed by atoms with Crippen molar-refractivity contribution in [2.75, 3.05) is 6.54 Å². The van der Waals surface area contributed by atoms with Gasteiger partial charge in [-0.25, -0.2) is 0 Å². The van der Waals surface area contributed by atoms with Crippen LogP contribution in [0.3, 0.4) is 0 Å². The molecule has 0 aromatic carbocycles. The van der Waals surface area contributed by atoms with E-state index in [9.17, 15) is 0 Å². The first-order chi connectivity index (χ1) is 9.13. The van der Waals surface area contributed by atoms with Gasteiger partial charge in [0.25, 0.3) is 0 Å². The molecule has 19 heavy (non-hydrogen) atoms. The summed E-state index contributed by atoms with van der Waals surface area (Å²) in [7, 11) is 0. The number of ether oxygens (including phenoxy) is 1. The van der Waals surface area contributed by atoms with Gasteiger partial charge in [-0.2, -0.15) is 0 Å². The van der Waals surface area contributed by atoms with Crippen LogP contribution in [0.5, 0.6) is 0 Å². The van der Waals surface area contributed by atoms with Crippen LogP contribution in [0.25, 0.3) is 0 Å². The lowest BCUT2D eigenvalue weighted by Crippen LogP contribution is -2.46. The fourth-order valence-corrected chi connectivity index (χ4v) is 3.66. The summed E-state index contributed by atoms with van der Waals surface area (Å²) >= 11 is 0. The van der Waals surface area contributed by atoms with Gasteiger partial charge in [-0.15, -0.1) is 0 Å². The largest absolute Gasteiger partial charge is 0.372 e. The lowest BCUT2D eigenvalue weighted by Gasteiger charge is -2.46. The SMILES string of the molecule is CCC1CCCC(OC2(CCNC(C)C)CCC2)C1. The molecule has 2 aliphatic rings. The zero-order chi connectivity index (χ0) is 13.7. The van der Waals surface area contributed by atoms with Crippen LogP contribution in [-0.2, 0) is 4.74 Å². The quantitative estimate of drug-likeness (QED) is 0.743. The lowest BCUT2D eigenvalue weighted by molar-refractivity contribution is -0.155. The van der Waals surface area contributed by atoms with E-state index in [1.807, 2.05) is 0 Å². The lowest BCUT2D eigenvalue weighted by atomic mass is 9.76. The predicted molar refractivity (Wildman–Crippen MR) is 81.5 cm³/mol. The van der Waals surface area contributed by atoms with Gasteiger partial charge in [-0.1, -0.05) is 40.0 Å². The highest BCUT2D eigenvalue weighted by Gasteiger charge is 2.40. The van der Waals surface area contributed by atoms with Crippen molar-refractivity contribution in [3.63, 3.8) is 0 Å². The molecule has 2 heteroatoms. The Kier molecular flexibility index (Phi) is 5.70. The van der Waals surface area contributed by atoms with Crippen LogP contribution < -0.4 is 5.32 Å². The maximum absolute atomic E-state index is 6.59. The van der Waals surface area contributed by atoms with E-state index in [0.29, 0.717) is 12.1 Å². The van der Waals surface area contributed by atoms with Crippen LogP contribution in [0.1, 0.15) is 78.6 Å². The average Bonchev–Trinajstić information content (AvgIpc) is 2.35. The third kappa shape index (κ3) is 4.46. The maximum atomic E-state index is 6.59. The van der Waals surface area contributed by atoms with Crippen molar-refractivity contribution >= 4 is 0 Å². The van der Waals surface area contributed by atoms with Crippen molar-refractivity contribution < 1.29 is 4.74 Å². The number of hydrogen-bond acceptors (Lipinski definition) is 2. The second-order valence-corrected chi connectivity index (χ2v) is 7.08. The second-order valence-electron chi connectivity index (χ2n) is 7.08. The van der Waals surface area contributed by atoms with Gasteiger partial charge in [0, 0.05) is 6.04 Å². The second kappa shape index (κ2) is 7.08. The van der Waals surface area contributed by atoms with Crippen molar-refractivity contribution in [2.24, 2.45) is 5.92 Å². The molecule has 2 nitrogen and oxygen atoms in total. The molecule has 0 bridgehead atoms. The molecule has 0 amide bonds. The monoisotopic (exact) mass is 267 g/mol. The Hall–Kier alpha value is -0.0800. The summed E-state index contributed by atoms with van der Waals surface area (Å²) < 4.78 is 6.59. The van der Waals surface area contributed by atoms with Gasteiger partial charge < -0.3 is 10.1 Å². The smallest absolute Gasteiger partial charge is 0.0698 e. The molecule has 0 spiro atoms. The van der Waals surface area contributed by atoms with Crippen molar-refractivity contribution in [2.45, 2.75) is 96.3 Å². The van der Waals surface area contributed by atoms with E-state index in [-0.39, 0.29) is 5.60 Å². The predicted octanol–water partition coefficient (Wildman–Crippen LogP) is 4.28. The number of rotatable bonds is 7. The number of hydrogen-bond donors (Lipinski definition) is 1. The van der Waals surface area contributed by atoms with Crippen molar-refractivity contribution in [3.05, 3.63) is 0 Å². The Morgan fingerprint density at radius 3 is 2.58 bits per heavy atom. The molecule has 2 atom stereocenters. The van der Waals surface area contributed by atoms with Crippen LogP contribution in [0.2, 0.25) is 0 Å². The highest BCUT2D eigenvalue weighted by atomic mass is 16.5. The van der Waals surface area contributed by atoms with Gasteiger partial charge in [-0.05, 0) is 51.0 Å². The van der Waals surface area contributed by atoms with Gasteiger partial charge in [0.1, 0.15) is 0 Å². The van der Waals surface area contributed by atoms with Gasteiger partial charge in [0.2, 0.25) is 0 Å². The zero-order valence-corrected chi connectivity index (χ0v) is 13.2. The molecular weight excluding hydrogens is 234 g/mol. The van der Waals surface area contributed by atoms with E-state index in [4.69, 9.17) is 4.74 Å². The van der Waals surface area contributed by atoms with E-state index in [1.54, 1.807) is 0 Å². The number of nitrogens with one attached hydrogen (secondary N) is 1. The summed E-state index contributed by atoms with van der Waals surface area (Å²) in [6, 6.07) is 0.594. The van der Waals surface area contributed by atoms with E-state index < -0.39 is 0 Å². The Morgan fingerprint density at radius 1 is 1.21 bits per heavy atom. The highest BCUT2D eigenvalue weighted by molar-refractivity contribution is 4.92. The molecule has 0 heterocycles. The van der Waals surface area contributed by atoms with E-state index in [2.05, 4.69) is 26.1 Å². The molecule has 2 unspecified atom stereocenters. The molecule has 0 aromatic heterocycles. The summed E-state index contributed by atoms with van der Waals surface area (Å²) in [5.74, 6) is 0.921. The fourth-order valence-electron chi connectivity index (χ4n) is 3.66. The van der Waals surface area contributed by atoms with E-state index >= 15 is 0 Å². The molecule has 112 valence electrons. The van der Waals surface area contributed by atoms with Crippen LogP contribution in [0, 0.1) is 5.92 Å². The Morgan fingerprint density at radius 2 is 2.00 bits per heavy atom. The van der Waals surface area contributed by atoms with E-state index in [0.717, 1.165) is 12.5 Å². The van der Waals surface area contributed by atoms with Crippen molar-refractivity contribution in [1.29, 1.82) is 0 Å². The summed E-state index contributed by atoms with van der Waals surface area (Å²) in [6.45, 7) is 7.89. The third-order valence-electron chi connectivity index (χ3n) is 5.13. The molecule has 2 saturated carbocycles. The highest BCUT2D eigenvalue weighted by Crippen LogP contribution is 2.42. The van der Waals surface area contributed by atoms with Crippen LogP contribution in [-0.4, -0.2) is 24.3 Å². The first-order valence-corrected chi connectivity index (χ1v) is 8.55. The molecule has 1 N–H and O–H groups in total. The minimum absolute atomic E-state index is 0.238. The van der Waals surface area contributed by atoms with Gasteiger partial charge in [0.05, 0.1) is 11.7 Å². The summed E-state index contributed by atoms with van der Waals surface area (Å²) in [5, 5.41) is 3.55. The van der Waals surface area contributed by atoms with E-state index in [1.165, 1.54) is 57.8 Å². The summed E-state index contributed by atoms with van der Waals surface area (Å²) in [4.78, 5) is 0. The normalized spacial score (nSPS) is 30.3. The minimum Gasteiger partial charge on any atom is -0.372 e. The van der Waals surface area contributed by atoms with Crippen LogP contribution >= 0.6 is 0 Å². The van der Waals surface area contributed by atoms with Crippen molar-refractivity contribution in [3.8, 4) is 0 Å². The standard InChI is InChI=1S/C17H33NO/c1-4-15-7-5-8-16(13-15)19-17(9-6-10-17)11-12-18-14(2)3/h14-16,18H,4-13H2,1-3H3. The Bertz CT molecular complexity index is 260. The molecule has 2 fully saturated rings. The maximum Gasteiger partial charge on any atom is 0.0698 e. The van der Waals surface area contributed by atoms with Crippen LogP contribution in [0.15, 0.2) is 0 Å². The third-order valence-corrected chi connectivity index (χ3v) is 5.13. The topological polar surface area (TPSA) is 21.3 Å². The van der Waals surface area contributed by atoms with Crippen molar-refractivity contribution in [1.82, 2.24) is 5.32 Å². The molecular formula is C17H33NO. The average molecular weight is 267 g/mol. The molecule has 2 aliphatic carbocycles. The molecule has 0 radical (unpaired) electrons. The molecule has 2 rings (SSSR count). The minimum atomic E-state index is 0.238. The first-order valence-electron chi connectivity index (χ1n) is 8.55. The Balaban J connectivity index is 1.77. The molecule has 0 saturated heterocycles. The first kappa shape index (κ1) is 15.3. The molecule has 0 aromatic rings. The van der Waals surface area contributed by atoms with Gasteiger partial charge in [-0.3, -0.25) is 0 Å². The molecule has 0 aliphatic heterocycles. The summed E-state index contributed by atoms with van der Waals surface area (Å²) in [6.07, 6.45) is 12.5. The van der Waals surface area contributed by atoms with Gasteiger partial charge in [0.15, 0.2) is 0 Å². The summed E-state index contributed by atoms with van der Waals surface area (Å²) in [5.41, 5.74) is 0.238.